The van der Waals surface area contributed by atoms with Crippen LogP contribution in [0.2, 0.25) is 0 Å². The van der Waals surface area contributed by atoms with Crippen molar-refractivity contribution in [2.45, 2.75) is 59.7 Å². The lowest BCUT2D eigenvalue weighted by molar-refractivity contribution is 0.0481. The van der Waals surface area contributed by atoms with Gasteiger partial charge in [0.1, 0.15) is 0 Å². The van der Waals surface area contributed by atoms with Crippen LogP contribution in [-0.4, -0.2) is 22.3 Å². The van der Waals surface area contributed by atoms with Crippen molar-refractivity contribution >= 4 is 0 Å². The van der Waals surface area contributed by atoms with Crippen LogP contribution in [0.1, 0.15) is 52.6 Å². The van der Waals surface area contributed by atoms with Crippen molar-refractivity contribution in [2.24, 2.45) is 5.41 Å². The molecule has 2 atom stereocenters. The number of aliphatic hydroxyl groups excluding tert-OH is 1. The van der Waals surface area contributed by atoms with Crippen molar-refractivity contribution in [2.75, 3.05) is 6.54 Å². The Labute approximate surface area is 111 Å². The summed E-state index contributed by atoms with van der Waals surface area (Å²) in [5.41, 5.74) is 1.21. The molecule has 1 aromatic rings. The highest BCUT2D eigenvalue weighted by atomic mass is 16.3. The molecule has 1 aromatic heterocycles. The summed E-state index contributed by atoms with van der Waals surface area (Å²) in [6.07, 6.45) is 5.00. The van der Waals surface area contributed by atoms with Crippen molar-refractivity contribution in [3.63, 3.8) is 0 Å². The summed E-state index contributed by atoms with van der Waals surface area (Å²) in [6, 6.07) is 2.50. The molecule has 0 radical (unpaired) electrons. The van der Waals surface area contributed by atoms with E-state index in [1.807, 2.05) is 0 Å². The van der Waals surface area contributed by atoms with E-state index in [4.69, 9.17) is 0 Å². The van der Waals surface area contributed by atoms with Gasteiger partial charge in [0.15, 0.2) is 0 Å². The number of rotatable bonds is 6. The van der Waals surface area contributed by atoms with Gasteiger partial charge in [-0.15, -0.1) is 0 Å². The summed E-state index contributed by atoms with van der Waals surface area (Å²) < 4.78 is 2.08. The molecule has 104 valence electrons. The second-order valence-corrected chi connectivity index (χ2v) is 6.20. The fraction of sp³-hybridized carbons (Fsp3) is 0.733. The molecule has 0 aliphatic rings. The molecule has 2 unspecified atom stereocenters. The molecule has 0 saturated heterocycles. The van der Waals surface area contributed by atoms with E-state index in [1.165, 1.54) is 5.56 Å². The third kappa shape index (κ3) is 4.46. The van der Waals surface area contributed by atoms with Crippen molar-refractivity contribution in [1.29, 1.82) is 0 Å². The number of aromatic nitrogens is 1. The van der Waals surface area contributed by atoms with Crippen LogP contribution < -0.4 is 5.32 Å². The van der Waals surface area contributed by atoms with Crippen molar-refractivity contribution in [3.05, 3.63) is 24.0 Å². The van der Waals surface area contributed by atoms with Gasteiger partial charge in [0.05, 0.1) is 6.10 Å². The largest absolute Gasteiger partial charge is 0.391 e. The molecule has 0 saturated carbocycles. The standard InChI is InChI=1S/C15H28N2O/c1-6-8-16-12(2)13-7-9-17(10-13)11-14(18)15(3,4)5/h7,9-10,12,14,16,18H,6,8,11H2,1-5H3. The lowest BCUT2D eigenvalue weighted by Gasteiger charge is -2.26. The van der Waals surface area contributed by atoms with Crippen molar-refractivity contribution < 1.29 is 5.11 Å². The number of nitrogens with one attached hydrogen (secondary N) is 1. The van der Waals surface area contributed by atoms with E-state index in [9.17, 15) is 5.11 Å². The monoisotopic (exact) mass is 252 g/mol. The first-order chi connectivity index (χ1) is 8.34. The van der Waals surface area contributed by atoms with E-state index >= 15 is 0 Å². The van der Waals surface area contributed by atoms with Crippen LogP contribution >= 0.6 is 0 Å². The van der Waals surface area contributed by atoms with Gasteiger partial charge in [-0.25, -0.2) is 0 Å². The van der Waals surface area contributed by atoms with Gasteiger partial charge in [0.2, 0.25) is 0 Å². The Kier molecular flexibility index (Phi) is 5.42. The van der Waals surface area contributed by atoms with Gasteiger partial charge >= 0.3 is 0 Å². The lowest BCUT2D eigenvalue weighted by atomic mass is 9.89. The van der Waals surface area contributed by atoms with E-state index in [0.717, 1.165) is 13.0 Å². The predicted octanol–water partition coefficient (Wildman–Crippen LogP) is 2.96. The van der Waals surface area contributed by atoms with Crippen LogP contribution in [0.25, 0.3) is 0 Å². The highest BCUT2D eigenvalue weighted by Crippen LogP contribution is 2.21. The zero-order valence-electron chi connectivity index (χ0n) is 12.4. The van der Waals surface area contributed by atoms with Crippen LogP contribution in [0, 0.1) is 5.41 Å². The van der Waals surface area contributed by atoms with Crippen LogP contribution in [-0.2, 0) is 6.54 Å². The first kappa shape index (κ1) is 15.3. The minimum atomic E-state index is -0.323. The molecular formula is C15H28N2O. The maximum absolute atomic E-state index is 10.1. The van der Waals surface area contributed by atoms with Crippen LogP contribution in [0.15, 0.2) is 18.5 Å². The van der Waals surface area contributed by atoms with Crippen LogP contribution in [0.5, 0.6) is 0 Å². The predicted molar refractivity (Wildman–Crippen MR) is 76.6 cm³/mol. The zero-order valence-corrected chi connectivity index (χ0v) is 12.4. The average Bonchev–Trinajstić information content (AvgIpc) is 2.73. The quantitative estimate of drug-likeness (QED) is 0.817. The third-order valence-corrected chi connectivity index (χ3v) is 3.36. The smallest absolute Gasteiger partial charge is 0.0767 e. The molecule has 18 heavy (non-hydrogen) atoms. The summed E-state index contributed by atoms with van der Waals surface area (Å²) >= 11 is 0. The fourth-order valence-corrected chi connectivity index (χ4v) is 1.78. The van der Waals surface area contributed by atoms with E-state index in [2.05, 4.69) is 63.0 Å². The van der Waals surface area contributed by atoms with Crippen molar-refractivity contribution in [3.8, 4) is 0 Å². The minimum absolute atomic E-state index is 0.0729. The van der Waals surface area contributed by atoms with Gasteiger partial charge in [0.25, 0.3) is 0 Å². The molecule has 1 heterocycles. The Morgan fingerprint density at radius 1 is 1.39 bits per heavy atom. The third-order valence-electron chi connectivity index (χ3n) is 3.36. The highest BCUT2D eigenvalue weighted by molar-refractivity contribution is 5.14. The summed E-state index contributed by atoms with van der Waals surface area (Å²) in [6.45, 7) is 12.2. The topological polar surface area (TPSA) is 37.2 Å². The van der Waals surface area contributed by atoms with Crippen LogP contribution in [0.3, 0.4) is 0 Å². The van der Waals surface area contributed by atoms with Gasteiger partial charge in [-0.3, -0.25) is 0 Å². The minimum Gasteiger partial charge on any atom is -0.391 e. The number of aliphatic hydroxyl groups is 1. The second-order valence-electron chi connectivity index (χ2n) is 6.20. The Bertz CT molecular complexity index is 352. The van der Waals surface area contributed by atoms with E-state index in [1.54, 1.807) is 0 Å². The van der Waals surface area contributed by atoms with Gasteiger partial charge in [-0.05, 0) is 36.9 Å². The average molecular weight is 252 g/mol. The molecule has 0 aliphatic heterocycles. The Balaban J connectivity index is 2.58. The SMILES string of the molecule is CCCNC(C)c1ccn(CC(O)C(C)(C)C)c1. The number of hydrogen-bond donors (Lipinski definition) is 2. The van der Waals surface area contributed by atoms with E-state index in [0.29, 0.717) is 12.6 Å². The molecule has 2 N–H and O–H groups in total. The summed E-state index contributed by atoms with van der Waals surface area (Å²) in [4.78, 5) is 0. The molecule has 0 aliphatic carbocycles. The molecular weight excluding hydrogens is 224 g/mol. The van der Waals surface area contributed by atoms with E-state index in [-0.39, 0.29) is 11.5 Å². The highest BCUT2D eigenvalue weighted by Gasteiger charge is 2.22. The Morgan fingerprint density at radius 2 is 2.06 bits per heavy atom. The maximum atomic E-state index is 10.1. The van der Waals surface area contributed by atoms with Gasteiger partial charge < -0.3 is 15.0 Å². The normalized spacial score (nSPS) is 15.7. The maximum Gasteiger partial charge on any atom is 0.0767 e. The first-order valence-corrected chi connectivity index (χ1v) is 6.91. The number of hydrogen-bond acceptors (Lipinski definition) is 2. The lowest BCUT2D eigenvalue weighted by Crippen LogP contribution is -2.30. The molecule has 3 heteroatoms. The molecule has 0 spiro atoms. The summed E-state index contributed by atoms with van der Waals surface area (Å²) in [5.74, 6) is 0. The zero-order chi connectivity index (χ0) is 13.8. The molecule has 3 nitrogen and oxygen atoms in total. The van der Waals surface area contributed by atoms with E-state index < -0.39 is 0 Å². The molecule has 0 amide bonds. The second kappa shape index (κ2) is 6.39. The summed E-state index contributed by atoms with van der Waals surface area (Å²) in [5, 5.41) is 13.6. The van der Waals surface area contributed by atoms with Gasteiger partial charge in [-0.1, -0.05) is 27.7 Å². The van der Waals surface area contributed by atoms with Crippen LogP contribution in [0.4, 0.5) is 0 Å². The first-order valence-electron chi connectivity index (χ1n) is 6.91. The Morgan fingerprint density at radius 3 is 2.61 bits per heavy atom. The molecule has 0 bridgehead atoms. The van der Waals surface area contributed by atoms with Gasteiger partial charge in [0, 0.05) is 25.0 Å². The molecule has 1 rings (SSSR count). The Hall–Kier alpha value is -0.800. The van der Waals surface area contributed by atoms with Gasteiger partial charge in [-0.2, -0.15) is 0 Å². The van der Waals surface area contributed by atoms with Crippen molar-refractivity contribution in [1.82, 2.24) is 9.88 Å². The molecule has 0 fully saturated rings. The molecule has 0 aromatic carbocycles. The summed E-state index contributed by atoms with van der Waals surface area (Å²) in [7, 11) is 0. The fourth-order valence-electron chi connectivity index (χ4n) is 1.78. The number of nitrogens with zero attached hydrogens (tertiary/aromatic N) is 1.